The minimum atomic E-state index is -0.580. The van der Waals surface area contributed by atoms with Crippen LogP contribution in [0.4, 0.5) is 0 Å². The first-order chi connectivity index (χ1) is 9.92. The van der Waals surface area contributed by atoms with Crippen molar-refractivity contribution in [3.63, 3.8) is 0 Å². The van der Waals surface area contributed by atoms with Crippen LogP contribution in [0.2, 0.25) is 0 Å². The quantitative estimate of drug-likeness (QED) is 0.667. The lowest BCUT2D eigenvalue weighted by Crippen LogP contribution is -2.56. The van der Waals surface area contributed by atoms with Crippen molar-refractivity contribution in [2.45, 2.75) is 58.5 Å². The molecule has 0 aromatic rings. The molecule has 3 N–H and O–H groups in total. The van der Waals surface area contributed by atoms with Crippen LogP contribution in [-0.4, -0.2) is 66.6 Å². The van der Waals surface area contributed by atoms with Crippen molar-refractivity contribution in [2.75, 3.05) is 39.3 Å². The highest BCUT2D eigenvalue weighted by Crippen LogP contribution is 2.13. The molecular weight excluding hydrogens is 264 g/mol. The van der Waals surface area contributed by atoms with E-state index in [0.717, 1.165) is 52.1 Å². The van der Waals surface area contributed by atoms with Gasteiger partial charge < -0.3 is 16.0 Å². The van der Waals surface area contributed by atoms with Gasteiger partial charge in [0.05, 0.1) is 5.54 Å². The summed E-state index contributed by atoms with van der Waals surface area (Å²) >= 11 is 0. The second kappa shape index (κ2) is 8.71. The van der Waals surface area contributed by atoms with Gasteiger partial charge in [-0.25, -0.2) is 0 Å². The van der Waals surface area contributed by atoms with Crippen molar-refractivity contribution in [3.05, 3.63) is 0 Å². The third-order valence-electron chi connectivity index (χ3n) is 4.86. The van der Waals surface area contributed by atoms with Gasteiger partial charge in [0, 0.05) is 38.8 Å². The summed E-state index contributed by atoms with van der Waals surface area (Å²) in [6.45, 7) is 14.8. The van der Waals surface area contributed by atoms with Crippen LogP contribution in [0.15, 0.2) is 0 Å². The van der Waals surface area contributed by atoms with E-state index in [2.05, 4.69) is 35.9 Å². The van der Waals surface area contributed by atoms with Crippen LogP contribution < -0.4 is 11.1 Å². The third kappa shape index (κ3) is 5.57. The van der Waals surface area contributed by atoms with Crippen LogP contribution >= 0.6 is 0 Å². The summed E-state index contributed by atoms with van der Waals surface area (Å²) in [7, 11) is 0. The summed E-state index contributed by atoms with van der Waals surface area (Å²) in [5.74, 6) is -0.241. The molecule has 1 rings (SSSR count). The molecule has 0 aliphatic carbocycles. The number of carbonyl (C=O) groups excluding carboxylic acids is 1. The molecule has 0 bridgehead atoms. The Balaban J connectivity index is 2.39. The second-order valence-electron chi connectivity index (χ2n) is 6.51. The maximum Gasteiger partial charge on any atom is 0.237 e. The lowest BCUT2D eigenvalue weighted by atomic mass is 9.96. The first-order valence-electron chi connectivity index (χ1n) is 8.44. The Labute approximate surface area is 130 Å². The van der Waals surface area contributed by atoms with Gasteiger partial charge in [0.15, 0.2) is 0 Å². The fourth-order valence-corrected chi connectivity index (χ4v) is 2.77. The Morgan fingerprint density at radius 2 is 1.90 bits per heavy atom. The Morgan fingerprint density at radius 3 is 2.38 bits per heavy atom. The number of nitrogens with two attached hydrogens (primary N) is 1. The highest BCUT2D eigenvalue weighted by Gasteiger charge is 2.31. The number of primary amides is 1. The van der Waals surface area contributed by atoms with Gasteiger partial charge in [0.1, 0.15) is 0 Å². The molecule has 1 fully saturated rings. The van der Waals surface area contributed by atoms with Crippen molar-refractivity contribution in [1.29, 1.82) is 0 Å². The molecule has 1 saturated heterocycles. The number of hydrogen-bond acceptors (Lipinski definition) is 4. The molecule has 5 heteroatoms. The van der Waals surface area contributed by atoms with Gasteiger partial charge in [0.25, 0.3) is 0 Å². The summed E-state index contributed by atoms with van der Waals surface area (Å²) in [6.07, 6.45) is 3.00. The lowest BCUT2D eigenvalue weighted by Gasteiger charge is -2.39. The molecule has 21 heavy (non-hydrogen) atoms. The fourth-order valence-electron chi connectivity index (χ4n) is 2.77. The second-order valence-corrected chi connectivity index (χ2v) is 6.51. The van der Waals surface area contributed by atoms with Crippen molar-refractivity contribution in [3.8, 4) is 0 Å². The van der Waals surface area contributed by atoms with E-state index in [-0.39, 0.29) is 5.91 Å². The average Bonchev–Trinajstić information content (AvgIpc) is 2.50. The van der Waals surface area contributed by atoms with Gasteiger partial charge in [-0.15, -0.1) is 0 Å². The zero-order valence-corrected chi connectivity index (χ0v) is 14.3. The molecule has 1 amide bonds. The molecule has 0 aromatic heterocycles. The molecule has 0 radical (unpaired) electrons. The Hall–Kier alpha value is -0.650. The van der Waals surface area contributed by atoms with Crippen LogP contribution in [0.5, 0.6) is 0 Å². The van der Waals surface area contributed by atoms with E-state index < -0.39 is 5.54 Å². The summed E-state index contributed by atoms with van der Waals surface area (Å²) in [4.78, 5) is 16.7. The molecule has 2 atom stereocenters. The van der Waals surface area contributed by atoms with Crippen molar-refractivity contribution in [2.24, 2.45) is 5.73 Å². The summed E-state index contributed by atoms with van der Waals surface area (Å²) < 4.78 is 0. The van der Waals surface area contributed by atoms with E-state index in [4.69, 9.17) is 5.73 Å². The first-order valence-corrected chi connectivity index (χ1v) is 8.44. The fraction of sp³-hybridized carbons (Fsp3) is 0.938. The minimum Gasteiger partial charge on any atom is -0.368 e. The lowest BCUT2D eigenvalue weighted by molar-refractivity contribution is -0.124. The molecule has 0 spiro atoms. The Morgan fingerprint density at radius 1 is 1.29 bits per heavy atom. The summed E-state index contributed by atoms with van der Waals surface area (Å²) in [5.41, 5.74) is 5.00. The Kier molecular flexibility index (Phi) is 7.63. The predicted molar refractivity (Wildman–Crippen MR) is 88.3 cm³/mol. The van der Waals surface area contributed by atoms with E-state index in [1.165, 1.54) is 6.42 Å². The number of amides is 1. The molecule has 5 nitrogen and oxygen atoms in total. The van der Waals surface area contributed by atoms with Crippen LogP contribution in [0.25, 0.3) is 0 Å². The van der Waals surface area contributed by atoms with Gasteiger partial charge in [-0.05, 0) is 39.7 Å². The van der Waals surface area contributed by atoms with Crippen LogP contribution in [-0.2, 0) is 4.79 Å². The molecule has 124 valence electrons. The van der Waals surface area contributed by atoms with E-state index >= 15 is 0 Å². The maximum absolute atomic E-state index is 11.7. The summed E-state index contributed by atoms with van der Waals surface area (Å²) in [6, 6.07) is 0.675. The topological polar surface area (TPSA) is 61.6 Å². The number of nitrogens with one attached hydrogen (secondary N) is 1. The minimum absolute atomic E-state index is 0.241. The van der Waals surface area contributed by atoms with Gasteiger partial charge in [-0.3, -0.25) is 9.69 Å². The molecule has 0 aromatic carbocycles. The van der Waals surface area contributed by atoms with Crippen LogP contribution in [0, 0.1) is 0 Å². The molecular formula is C16H34N4O. The SMILES string of the molecule is CCCNC(C)(CCN1CCN(C(C)CC)CC1)C(N)=O. The summed E-state index contributed by atoms with van der Waals surface area (Å²) in [5, 5.41) is 3.31. The molecule has 1 aliphatic heterocycles. The number of piperazine rings is 1. The molecule has 2 unspecified atom stereocenters. The predicted octanol–water partition coefficient (Wildman–Crippen LogP) is 1.04. The average molecular weight is 298 g/mol. The molecule has 0 saturated carbocycles. The van der Waals surface area contributed by atoms with Gasteiger partial charge in [0.2, 0.25) is 5.91 Å². The Bertz CT molecular complexity index is 315. The maximum atomic E-state index is 11.7. The van der Waals surface area contributed by atoms with E-state index in [0.29, 0.717) is 6.04 Å². The molecule has 1 heterocycles. The van der Waals surface area contributed by atoms with Crippen molar-refractivity contribution >= 4 is 5.91 Å². The zero-order chi connectivity index (χ0) is 15.9. The number of hydrogen-bond donors (Lipinski definition) is 2. The zero-order valence-electron chi connectivity index (χ0n) is 14.3. The normalized spacial score (nSPS) is 21.9. The standard InChI is InChI=1S/C16H34N4O/c1-5-8-18-16(4,15(17)21)7-9-19-10-12-20(13-11-19)14(3)6-2/h14,18H,5-13H2,1-4H3,(H2,17,21). The van der Waals surface area contributed by atoms with Gasteiger partial charge >= 0.3 is 0 Å². The first kappa shape index (κ1) is 18.4. The van der Waals surface area contributed by atoms with Crippen LogP contribution in [0.1, 0.15) is 47.0 Å². The van der Waals surface area contributed by atoms with E-state index in [1.54, 1.807) is 0 Å². The van der Waals surface area contributed by atoms with Crippen molar-refractivity contribution in [1.82, 2.24) is 15.1 Å². The van der Waals surface area contributed by atoms with Gasteiger partial charge in [-0.1, -0.05) is 13.8 Å². The third-order valence-corrected chi connectivity index (χ3v) is 4.86. The monoisotopic (exact) mass is 298 g/mol. The smallest absolute Gasteiger partial charge is 0.237 e. The largest absolute Gasteiger partial charge is 0.368 e. The highest BCUT2D eigenvalue weighted by atomic mass is 16.1. The van der Waals surface area contributed by atoms with Crippen LogP contribution in [0.3, 0.4) is 0 Å². The van der Waals surface area contributed by atoms with E-state index in [1.807, 2.05) is 6.92 Å². The van der Waals surface area contributed by atoms with Gasteiger partial charge in [-0.2, -0.15) is 0 Å². The number of nitrogens with zero attached hydrogens (tertiary/aromatic N) is 2. The van der Waals surface area contributed by atoms with Crippen molar-refractivity contribution < 1.29 is 4.79 Å². The van der Waals surface area contributed by atoms with E-state index in [9.17, 15) is 4.79 Å². The number of carbonyl (C=O) groups is 1. The highest BCUT2D eigenvalue weighted by molar-refractivity contribution is 5.84. The number of rotatable bonds is 9. The molecule has 1 aliphatic rings.